The smallest absolute Gasteiger partial charge is 0.416 e. The van der Waals surface area contributed by atoms with Crippen LogP contribution in [0.25, 0.3) is 0 Å². The molecule has 2 aromatic carbocycles. The lowest BCUT2D eigenvalue weighted by Gasteiger charge is -2.41. The van der Waals surface area contributed by atoms with Crippen molar-refractivity contribution in [2.24, 2.45) is 0 Å². The normalized spacial score (nSPS) is 20.1. The Balaban J connectivity index is 1.52. The van der Waals surface area contributed by atoms with Crippen LogP contribution in [0.4, 0.5) is 31.1 Å². The SMILES string of the molecule is Cc1ccc(C[C@@H]2CN(C/C=C/[C@@H]3CN(C(=O)OC(C)(C)C)CCO3)CCN2C(=O)c2cc(C(F)(F)F)cc(C(F)(F)F)c2)cc1C. The molecule has 2 amide bonds. The molecule has 0 spiro atoms. The van der Waals surface area contributed by atoms with Crippen molar-refractivity contribution >= 4 is 12.0 Å². The third-order valence-electron chi connectivity index (χ3n) is 8.16. The van der Waals surface area contributed by atoms with Gasteiger partial charge < -0.3 is 19.3 Å². The highest BCUT2D eigenvalue weighted by Crippen LogP contribution is 2.37. The lowest BCUT2D eigenvalue weighted by Crippen LogP contribution is -2.56. The molecule has 2 aromatic rings. The summed E-state index contributed by atoms with van der Waals surface area (Å²) in [5.41, 5.74) is -1.35. The summed E-state index contributed by atoms with van der Waals surface area (Å²) in [6.45, 7) is 11.6. The molecule has 0 radical (unpaired) electrons. The molecule has 2 heterocycles. The first kappa shape index (κ1) is 36.3. The van der Waals surface area contributed by atoms with E-state index < -0.39 is 52.7 Å². The maximum Gasteiger partial charge on any atom is 0.416 e. The van der Waals surface area contributed by atoms with E-state index in [9.17, 15) is 35.9 Å². The maximum absolute atomic E-state index is 13.7. The summed E-state index contributed by atoms with van der Waals surface area (Å²) in [6.07, 6.45) is -6.79. The van der Waals surface area contributed by atoms with Gasteiger partial charge in [-0.25, -0.2) is 4.79 Å². The van der Waals surface area contributed by atoms with Crippen molar-refractivity contribution in [3.05, 3.63) is 81.9 Å². The number of hydrogen-bond acceptors (Lipinski definition) is 5. The van der Waals surface area contributed by atoms with Crippen LogP contribution in [0.2, 0.25) is 0 Å². The highest BCUT2D eigenvalue weighted by atomic mass is 19.4. The predicted octanol–water partition coefficient (Wildman–Crippen LogP) is 6.90. The summed E-state index contributed by atoms with van der Waals surface area (Å²) in [7, 11) is 0. The molecule has 0 aromatic heterocycles. The van der Waals surface area contributed by atoms with Gasteiger partial charge in [-0.3, -0.25) is 9.69 Å². The van der Waals surface area contributed by atoms with Gasteiger partial charge in [-0.1, -0.05) is 30.4 Å². The third-order valence-corrected chi connectivity index (χ3v) is 8.16. The molecular weight excluding hydrogens is 628 g/mol. The van der Waals surface area contributed by atoms with E-state index in [1.165, 1.54) is 4.90 Å². The van der Waals surface area contributed by atoms with E-state index in [-0.39, 0.29) is 18.7 Å². The monoisotopic (exact) mass is 669 g/mol. The number of piperazine rings is 1. The van der Waals surface area contributed by atoms with Gasteiger partial charge in [-0.05, 0) is 75.9 Å². The van der Waals surface area contributed by atoms with Gasteiger partial charge in [0.2, 0.25) is 0 Å². The van der Waals surface area contributed by atoms with E-state index in [1.807, 2.05) is 44.2 Å². The van der Waals surface area contributed by atoms with E-state index in [2.05, 4.69) is 4.90 Å². The van der Waals surface area contributed by atoms with Crippen molar-refractivity contribution in [2.75, 3.05) is 45.9 Å². The Morgan fingerprint density at radius 3 is 2.15 bits per heavy atom. The van der Waals surface area contributed by atoms with Crippen molar-refractivity contribution in [3.63, 3.8) is 0 Å². The van der Waals surface area contributed by atoms with Gasteiger partial charge in [-0.15, -0.1) is 0 Å². The molecule has 0 bridgehead atoms. The largest absolute Gasteiger partial charge is 0.444 e. The van der Waals surface area contributed by atoms with Crippen molar-refractivity contribution < 1.29 is 45.4 Å². The molecule has 47 heavy (non-hydrogen) atoms. The number of ether oxygens (including phenoxy) is 2. The average molecular weight is 670 g/mol. The number of benzene rings is 2. The van der Waals surface area contributed by atoms with E-state index in [0.29, 0.717) is 57.9 Å². The Labute approximate surface area is 271 Å². The van der Waals surface area contributed by atoms with E-state index >= 15 is 0 Å². The van der Waals surface area contributed by atoms with E-state index in [4.69, 9.17) is 9.47 Å². The number of halogens is 6. The van der Waals surface area contributed by atoms with Crippen molar-refractivity contribution in [1.29, 1.82) is 0 Å². The zero-order valence-corrected chi connectivity index (χ0v) is 27.2. The average Bonchev–Trinajstić information content (AvgIpc) is 2.97. The third kappa shape index (κ3) is 9.96. The molecule has 2 aliphatic heterocycles. The molecule has 7 nitrogen and oxygen atoms in total. The minimum absolute atomic E-state index is 0.0242. The zero-order valence-electron chi connectivity index (χ0n) is 27.2. The standard InChI is InChI=1S/C34H41F6N3O4/c1-22-8-9-24(15-23(22)2)16-28-20-41(10-6-7-29-21-42(13-14-46-29)31(45)47-32(3,4)5)11-12-43(28)30(44)25-17-26(33(35,36)37)19-27(18-25)34(38,39)40/h6-9,15,17-19,28-29H,10-14,16,20-21H2,1-5H3/b7-6+/t28-,29-/m1/s1. The lowest BCUT2D eigenvalue weighted by atomic mass is 9.97. The van der Waals surface area contributed by atoms with E-state index in [0.717, 1.165) is 16.7 Å². The van der Waals surface area contributed by atoms with Gasteiger partial charge >= 0.3 is 18.4 Å². The Kier molecular flexibility index (Phi) is 11.0. The molecule has 2 atom stereocenters. The molecular formula is C34H41F6N3O4. The van der Waals surface area contributed by atoms with Crippen LogP contribution >= 0.6 is 0 Å². The van der Waals surface area contributed by atoms with Crippen LogP contribution in [0.15, 0.2) is 48.6 Å². The summed E-state index contributed by atoms with van der Waals surface area (Å²) in [6, 6.07) is 6.30. The summed E-state index contributed by atoms with van der Waals surface area (Å²) in [5, 5.41) is 0. The van der Waals surface area contributed by atoms with Crippen molar-refractivity contribution in [2.45, 2.75) is 71.1 Å². The number of carbonyl (C=O) groups is 2. The first-order valence-corrected chi connectivity index (χ1v) is 15.5. The number of alkyl halides is 6. The molecule has 0 N–H and O–H groups in total. The van der Waals surface area contributed by atoms with Gasteiger partial charge in [0, 0.05) is 44.3 Å². The number of rotatable bonds is 6. The second kappa shape index (κ2) is 14.3. The molecule has 13 heteroatoms. The molecule has 2 fully saturated rings. The van der Waals surface area contributed by atoms with Crippen LogP contribution in [0.1, 0.15) is 58.9 Å². The molecule has 0 unspecified atom stereocenters. The summed E-state index contributed by atoms with van der Waals surface area (Å²) in [5.74, 6) is -0.886. The Bertz CT molecular complexity index is 1430. The lowest BCUT2D eigenvalue weighted by molar-refractivity contribution is -0.143. The fourth-order valence-electron chi connectivity index (χ4n) is 5.62. The van der Waals surface area contributed by atoms with Gasteiger partial charge in [0.05, 0.1) is 30.4 Å². The first-order valence-electron chi connectivity index (χ1n) is 15.5. The predicted molar refractivity (Wildman–Crippen MR) is 164 cm³/mol. The molecule has 258 valence electrons. The Hall–Kier alpha value is -3.58. The minimum Gasteiger partial charge on any atom is -0.444 e. The second-order valence-corrected chi connectivity index (χ2v) is 13.1. The number of hydrogen-bond donors (Lipinski definition) is 0. The quantitative estimate of drug-likeness (QED) is 0.248. The minimum atomic E-state index is -5.06. The number of nitrogens with zero attached hydrogens (tertiary/aromatic N) is 3. The zero-order chi connectivity index (χ0) is 34.7. The van der Waals surface area contributed by atoms with Crippen LogP contribution in [-0.2, 0) is 28.2 Å². The second-order valence-electron chi connectivity index (χ2n) is 13.1. The molecule has 2 saturated heterocycles. The Morgan fingerprint density at radius 1 is 0.894 bits per heavy atom. The molecule has 0 aliphatic carbocycles. The number of amides is 2. The highest BCUT2D eigenvalue weighted by Gasteiger charge is 2.39. The number of morpholine rings is 1. The highest BCUT2D eigenvalue weighted by molar-refractivity contribution is 5.95. The van der Waals surface area contributed by atoms with Gasteiger partial charge in [-0.2, -0.15) is 26.3 Å². The van der Waals surface area contributed by atoms with Crippen LogP contribution in [0.3, 0.4) is 0 Å². The summed E-state index contributed by atoms with van der Waals surface area (Å²) in [4.78, 5) is 31.2. The number of aryl methyl sites for hydroxylation is 2. The fourth-order valence-corrected chi connectivity index (χ4v) is 5.62. The van der Waals surface area contributed by atoms with Crippen molar-refractivity contribution in [1.82, 2.24) is 14.7 Å². The van der Waals surface area contributed by atoms with Gasteiger partial charge in [0.15, 0.2) is 0 Å². The van der Waals surface area contributed by atoms with Crippen LogP contribution in [0.5, 0.6) is 0 Å². The molecule has 4 rings (SSSR count). The van der Waals surface area contributed by atoms with Crippen molar-refractivity contribution in [3.8, 4) is 0 Å². The van der Waals surface area contributed by atoms with E-state index in [1.54, 1.807) is 25.7 Å². The number of carbonyl (C=O) groups excluding carboxylic acids is 2. The topological polar surface area (TPSA) is 62.3 Å². The molecule has 0 saturated carbocycles. The Morgan fingerprint density at radius 2 is 1.55 bits per heavy atom. The summed E-state index contributed by atoms with van der Waals surface area (Å²) >= 11 is 0. The van der Waals surface area contributed by atoms with Gasteiger partial charge in [0.25, 0.3) is 5.91 Å². The first-order chi connectivity index (χ1) is 21.8. The maximum atomic E-state index is 13.7. The summed E-state index contributed by atoms with van der Waals surface area (Å²) < 4.78 is 92.7. The molecule has 2 aliphatic rings. The van der Waals surface area contributed by atoms with Gasteiger partial charge in [0.1, 0.15) is 5.60 Å². The van der Waals surface area contributed by atoms with Crippen LogP contribution < -0.4 is 0 Å². The van der Waals surface area contributed by atoms with Crippen LogP contribution in [0, 0.1) is 13.8 Å². The fraction of sp³-hybridized carbons (Fsp3) is 0.529. The van der Waals surface area contributed by atoms with Crippen LogP contribution in [-0.4, -0.2) is 90.3 Å².